The van der Waals surface area contributed by atoms with Crippen molar-refractivity contribution in [2.45, 2.75) is 107 Å². The van der Waals surface area contributed by atoms with Gasteiger partial charge in [0.2, 0.25) is 0 Å². The van der Waals surface area contributed by atoms with E-state index in [0.717, 1.165) is 54.7 Å². The van der Waals surface area contributed by atoms with Gasteiger partial charge in [-0.15, -0.1) is 0 Å². The van der Waals surface area contributed by atoms with Crippen molar-refractivity contribution < 1.29 is 145 Å². The molecule has 17 atom stereocenters. The number of aliphatic hydroxyl groups is 8. The third kappa shape index (κ3) is 16.7. The molecule has 0 spiro atoms. The minimum Gasteiger partial charge on any atom is -0.392 e. The van der Waals surface area contributed by atoms with E-state index in [4.69, 9.17) is 0 Å². The summed E-state index contributed by atoms with van der Waals surface area (Å²) in [5.74, 6) is -15.0. The zero-order valence-corrected chi connectivity index (χ0v) is 55.8. The molecule has 9 aliphatic rings. The average Bonchev–Trinajstić information content (AvgIpc) is 0.783. The van der Waals surface area contributed by atoms with E-state index in [9.17, 15) is 145 Å². The Morgan fingerprint density at radius 3 is 0.708 bits per heavy atom. The first-order valence-electron chi connectivity index (χ1n) is 28.8. The highest BCUT2D eigenvalue weighted by molar-refractivity contribution is 7.91. The molecule has 1 saturated carbocycles. The van der Waals surface area contributed by atoms with Gasteiger partial charge in [-0.3, -0.25) is 36.4 Å². The van der Waals surface area contributed by atoms with Crippen LogP contribution in [0.4, 0.5) is 0 Å². The summed E-state index contributed by atoms with van der Waals surface area (Å²) in [6.45, 7) is 0. The third-order valence-electron chi connectivity index (χ3n) is 18.5. The van der Waals surface area contributed by atoms with Gasteiger partial charge in [0.25, 0.3) is 80.9 Å². The van der Waals surface area contributed by atoms with Crippen LogP contribution in [-0.4, -0.2) is 193 Å². The molecule has 9 aliphatic carbocycles. The van der Waals surface area contributed by atoms with E-state index in [-0.39, 0.29) is 0 Å². The molecule has 0 radical (unpaired) electrons. The second-order valence-electron chi connectivity index (χ2n) is 25.0. The van der Waals surface area contributed by atoms with Crippen molar-refractivity contribution in [3.8, 4) is 0 Å². The predicted molar refractivity (Wildman–Crippen MR) is 335 cm³/mol. The van der Waals surface area contributed by atoms with Gasteiger partial charge in [-0.2, -0.15) is 67.3 Å². The molecule has 0 saturated heterocycles. The summed E-state index contributed by atoms with van der Waals surface area (Å²) in [6.07, 6.45) is -12.4. The Morgan fingerprint density at radius 1 is 0.240 bits per heavy atom. The summed E-state index contributed by atoms with van der Waals surface area (Å²) in [4.78, 5) is -7.73. The first-order chi connectivity index (χ1) is 43.9. The molecule has 0 heterocycles. The summed E-state index contributed by atoms with van der Waals surface area (Å²) in [6, 6.07) is 0. The maximum Gasteiger partial charge on any atom is 0.294 e. The van der Waals surface area contributed by atoms with E-state index in [1.54, 1.807) is 0 Å². The number of fused-ring (bicyclic) bond motifs is 16. The Bertz CT molecular complexity index is 4690. The molecule has 32 nitrogen and oxygen atoms in total. The van der Waals surface area contributed by atoms with Crippen LogP contribution in [-0.2, 0) is 80.9 Å². The molecular weight excluding hydrogens is 1440 g/mol. The van der Waals surface area contributed by atoms with Gasteiger partial charge in [-0.05, 0) is 145 Å². The molecule has 0 aromatic rings. The van der Waals surface area contributed by atoms with Crippen LogP contribution >= 0.6 is 0 Å². The molecule has 96 heavy (non-hydrogen) atoms. The van der Waals surface area contributed by atoms with Crippen LogP contribution in [0.5, 0.6) is 0 Å². The number of allylic oxidation sites excluding steroid dienone is 8. The molecule has 530 valence electrons. The van der Waals surface area contributed by atoms with Crippen molar-refractivity contribution in [1.82, 2.24) is 0 Å². The van der Waals surface area contributed by atoms with Crippen LogP contribution < -0.4 is 0 Å². The van der Waals surface area contributed by atoms with Crippen LogP contribution in [0, 0.1) is 53.3 Å². The molecule has 16 bridgehead atoms. The SMILES string of the molecule is O=S(=O)(O)C1=CC2CC3=CC(S(=O)(=O)O)=CC(CC4=CC(S(=O)(=O)O)=CC(CC5C=C(S(=O)(=O)O)C=C(CC6C=C(S(=O)(=O)O)C=C(CC7C=C(S(=O)(=O)O)CC(CC8=CC(S(=O)(=O)O)=CC(CC9C=C(S(=O)(=O)O)C=C(CC(=C1)C2O)C9O)C8O)C7O)C6O)C5O)C4O)C3O. The van der Waals surface area contributed by atoms with Gasteiger partial charge >= 0.3 is 0 Å². The molecule has 1 fully saturated rings. The Balaban J connectivity index is 1.19. The van der Waals surface area contributed by atoms with E-state index in [1.165, 1.54) is 0 Å². The van der Waals surface area contributed by atoms with E-state index in [0.29, 0.717) is 36.5 Å². The monoisotopic (exact) mass is 1510 g/mol. The molecule has 0 amide bonds. The van der Waals surface area contributed by atoms with E-state index < -0.39 is 319 Å². The van der Waals surface area contributed by atoms with Crippen molar-refractivity contribution in [1.29, 1.82) is 0 Å². The van der Waals surface area contributed by atoms with Crippen molar-refractivity contribution in [3.05, 3.63) is 169 Å². The zero-order chi connectivity index (χ0) is 71.4. The molecule has 0 aromatic carbocycles. The topological polar surface area (TPSA) is 597 Å². The fourth-order valence-corrected chi connectivity index (χ4v) is 19.1. The Morgan fingerprint density at radius 2 is 0.448 bits per heavy atom. The van der Waals surface area contributed by atoms with Crippen LogP contribution in [0.3, 0.4) is 0 Å². The summed E-state index contributed by atoms with van der Waals surface area (Å²) >= 11 is 0. The predicted octanol–water partition coefficient (Wildman–Crippen LogP) is 0.711. The maximum atomic E-state index is 13.0. The van der Waals surface area contributed by atoms with Gasteiger partial charge in [0.1, 0.15) is 0 Å². The smallest absolute Gasteiger partial charge is 0.294 e. The molecule has 0 aliphatic heterocycles. The normalized spacial score (nSPS) is 34.3. The second-order valence-corrected chi connectivity index (χ2v) is 36.4. The molecule has 17 unspecified atom stereocenters. The highest BCUT2D eigenvalue weighted by Gasteiger charge is 2.45. The lowest BCUT2D eigenvalue weighted by Gasteiger charge is -2.38. The maximum absolute atomic E-state index is 13.0. The molecule has 16 N–H and O–H groups in total. The van der Waals surface area contributed by atoms with Crippen molar-refractivity contribution in [2.75, 3.05) is 0 Å². The van der Waals surface area contributed by atoms with Crippen molar-refractivity contribution >= 4 is 80.9 Å². The highest BCUT2D eigenvalue weighted by atomic mass is 32.2. The third-order valence-corrected chi connectivity index (χ3v) is 25.4. The van der Waals surface area contributed by atoms with Gasteiger partial charge in [0.05, 0.1) is 88.1 Å². The second kappa shape index (κ2) is 26.9. The standard InChI is InChI=1S/C56H66O32S8/c57-49-25-1-26-10-42(90(68,69)70)12-28(50(26)58)3-30-14-44(92(74,75)76)16-32(52(30)60)5-34-18-46(94(80,81)82)20-36(54(34)62)7-38-22-48(96(86,87)88)24-40(56(38)64)8-39-23-47(95(83,84)85)21-37(55(39)63)6-35-19-45(93(77,78)79)17-33(53(35)61)4-31-15-43(91(71,72)73)13-29(51(31)59)2-27(49)11-41(9-25)89(65,66)67/h9-23,25,28-30,34-35,37-38,40,49-64H,1-8,24H2,(H,65,66,67)(H,68,69,70)(H,71,72,73)(H,74,75,76)(H,77,78,79)(H,80,81,82)(H,83,84,85)(H,86,87,88). The average molecular weight is 1510 g/mol. The van der Waals surface area contributed by atoms with Crippen LogP contribution in [0.1, 0.15) is 57.8 Å². The number of hydrogen-bond donors (Lipinski definition) is 16. The van der Waals surface area contributed by atoms with Gasteiger partial charge in [-0.1, -0.05) is 48.6 Å². The first kappa shape index (κ1) is 75.3. The Hall–Kier alpha value is -4.94. The number of aliphatic hydroxyl groups excluding tert-OH is 8. The molecule has 40 heteroatoms. The Kier molecular flexibility index (Phi) is 21.1. The molecule has 9 rings (SSSR count). The van der Waals surface area contributed by atoms with Gasteiger partial charge in [-0.25, -0.2) is 0 Å². The lowest BCUT2D eigenvalue weighted by atomic mass is 9.72. The van der Waals surface area contributed by atoms with Gasteiger partial charge < -0.3 is 40.9 Å². The summed E-state index contributed by atoms with van der Waals surface area (Å²) in [5, 5.41) is 96.8. The van der Waals surface area contributed by atoms with Crippen LogP contribution in [0.15, 0.2) is 169 Å². The van der Waals surface area contributed by atoms with Crippen molar-refractivity contribution in [3.63, 3.8) is 0 Å². The van der Waals surface area contributed by atoms with E-state index in [1.807, 2.05) is 0 Å². The lowest BCUT2D eigenvalue weighted by Crippen LogP contribution is -2.38. The zero-order valence-electron chi connectivity index (χ0n) is 49.3. The molecule has 0 aromatic heterocycles. The van der Waals surface area contributed by atoms with Crippen LogP contribution in [0.25, 0.3) is 0 Å². The van der Waals surface area contributed by atoms with Gasteiger partial charge in [0, 0.05) is 47.3 Å². The van der Waals surface area contributed by atoms with Crippen LogP contribution in [0.2, 0.25) is 0 Å². The minimum atomic E-state index is -5.35. The summed E-state index contributed by atoms with van der Waals surface area (Å²) < 4.78 is 291. The van der Waals surface area contributed by atoms with Gasteiger partial charge in [0.15, 0.2) is 0 Å². The van der Waals surface area contributed by atoms with E-state index >= 15 is 0 Å². The highest BCUT2D eigenvalue weighted by Crippen LogP contribution is 2.48. The summed E-state index contributed by atoms with van der Waals surface area (Å²) in [5.41, 5.74) is -3.24. The fraction of sp³-hybridized carbons (Fsp3) is 0.464. The summed E-state index contributed by atoms with van der Waals surface area (Å²) in [7, 11) is -42.7. The molecular formula is C56H66O32S8. The Labute approximate surface area is 551 Å². The quantitative estimate of drug-likeness (QED) is 0.149. The minimum absolute atomic E-state index is 0.426. The largest absolute Gasteiger partial charge is 0.392 e. The van der Waals surface area contributed by atoms with E-state index in [2.05, 4.69) is 0 Å². The fourth-order valence-electron chi connectivity index (χ4n) is 13.8. The van der Waals surface area contributed by atoms with Crippen molar-refractivity contribution in [2.24, 2.45) is 53.3 Å². The number of hydrogen-bond acceptors (Lipinski definition) is 24. The number of rotatable bonds is 8. The lowest BCUT2D eigenvalue weighted by molar-refractivity contribution is 0.0511. The first-order valence-corrected chi connectivity index (χ1v) is 40.3.